The van der Waals surface area contributed by atoms with Gasteiger partial charge in [0, 0.05) is 40.9 Å². The Hall–Kier alpha value is -9.62. The van der Waals surface area contributed by atoms with E-state index in [0.29, 0.717) is 82.9 Å². The van der Waals surface area contributed by atoms with E-state index in [-0.39, 0.29) is 59.7 Å². The van der Waals surface area contributed by atoms with E-state index in [9.17, 15) is 28.8 Å². The Morgan fingerprint density at radius 3 is 1.51 bits per heavy atom. The van der Waals surface area contributed by atoms with Crippen molar-refractivity contribution in [3.05, 3.63) is 144 Å². The lowest BCUT2D eigenvalue weighted by molar-refractivity contribution is -0.191. The Morgan fingerprint density at radius 2 is 1.06 bits per heavy atom. The predicted molar refractivity (Wildman–Crippen MR) is 286 cm³/mol. The van der Waals surface area contributed by atoms with Crippen molar-refractivity contribution >= 4 is 64.8 Å². The number of aromatic nitrogens is 4. The van der Waals surface area contributed by atoms with E-state index >= 15 is 0 Å². The second-order valence-electron chi connectivity index (χ2n) is 17.6. The molecule has 8 rings (SSSR count). The summed E-state index contributed by atoms with van der Waals surface area (Å²) in [5, 5.41) is 5.61. The molecule has 77 heavy (non-hydrogen) atoms. The number of ether oxygens (including phenoxy) is 3. The van der Waals surface area contributed by atoms with Gasteiger partial charge in [-0.25, -0.2) is 24.7 Å². The van der Waals surface area contributed by atoms with Gasteiger partial charge >= 0.3 is 12.2 Å². The van der Waals surface area contributed by atoms with Crippen LogP contribution in [0.2, 0.25) is 0 Å². The minimum absolute atomic E-state index is 0.0232. The van der Waals surface area contributed by atoms with Gasteiger partial charge in [0.2, 0.25) is 11.8 Å². The van der Waals surface area contributed by atoms with E-state index in [1.165, 1.54) is 9.80 Å². The highest BCUT2D eigenvalue weighted by Crippen LogP contribution is 2.39. The van der Waals surface area contributed by atoms with Crippen molar-refractivity contribution in [1.82, 2.24) is 30.6 Å². The molecule has 2 aromatic heterocycles. The molecule has 0 aliphatic carbocycles. The molecule has 0 spiro atoms. The number of alkyl carbamates (subject to hydrolysis) is 1. The fourth-order valence-corrected chi connectivity index (χ4v) is 7.87. The van der Waals surface area contributed by atoms with E-state index < -0.39 is 23.5 Å². The molecule has 0 fully saturated rings. The molecular formula is C56H60N10O11. The number of fused-ring (bicyclic) bond motifs is 2. The molecule has 0 bridgehead atoms. The lowest BCUT2D eigenvalue weighted by Crippen LogP contribution is -2.33. The van der Waals surface area contributed by atoms with E-state index in [2.05, 4.69) is 43.7 Å². The largest absolute Gasteiger partial charge is 0.494 e. The Labute approximate surface area is 445 Å². The molecule has 0 atom stereocenters. The smallest absolute Gasteiger partial charge is 0.407 e. The number of primary amides is 2. The number of nitrogens with two attached hydrogens (primary N) is 2. The van der Waals surface area contributed by atoms with Gasteiger partial charge in [-0.15, -0.1) is 13.2 Å². The van der Waals surface area contributed by atoms with E-state index in [1.807, 2.05) is 65.0 Å². The number of para-hydroxylation sites is 1. The number of carbonyl (C=O) groups excluding carboxylic acids is 8. The summed E-state index contributed by atoms with van der Waals surface area (Å²) < 4.78 is 16.2. The second kappa shape index (κ2) is 27.6. The Morgan fingerprint density at radius 1 is 0.623 bits per heavy atom. The van der Waals surface area contributed by atoms with Crippen molar-refractivity contribution in [3.8, 4) is 34.3 Å². The van der Waals surface area contributed by atoms with Crippen LogP contribution >= 0.6 is 0 Å². The SMILES string of the molecule is C=C.CCOc1ccc(-c2nc(C(N)=O)c3c(n2)N(c2cccc(C(=O)NCCCCCNC(=O)OC(C)(C)C)c2)C(=O)C3)cc1.CCOc1ccc(-c2nc(C(N)=O)c3c(n2)N(c2ccccc2)C(=O)C3)cc1.O=C=O. The Bertz CT molecular complexity index is 3100. The number of carbonyl (C=O) groups is 6. The lowest BCUT2D eigenvalue weighted by Gasteiger charge is -2.19. The van der Waals surface area contributed by atoms with Crippen LogP contribution in [0.25, 0.3) is 22.8 Å². The van der Waals surface area contributed by atoms with Crippen LogP contribution in [0.5, 0.6) is 11.5 Å². The van der Waals surface area contributed by atoms with E-state index in [0.717, 1.165) is 25.0 Å². The number of anilines is 4. The zero-order valence-corrected chi connectivity index (χ0v) is 43.4. The maximum Gasteiger partial charge on any atom is 0.407 e. The summed E-state index contributed by atoms with van der Waals surface area (Å²) in [5.74, 6) is 0.359. The molecule has 0 saturated carbocycles. The second-order valence-corrected chi connectivity index (χ2v) is 17.6. The topological polar surface area (TPSA) is 298 Å². The normalized spacial score (nSPS) is 11.9. The molecule has 0 radical (unpaired) electrons. The van der Waals surface area contributed by atoms with Gasteiger partial charge in [-0.2, -0.15) is 9.59 Å². The zero-order valence-electron chi connectivity index (χ0n) is 43.4. The highest BCUT2D eigenvalue weighted by molar-refractivity contribution is 6.11. The maximum absolute atomic E-state index is 13.2. The van der Waals surface area contributed by atoms with Crippen LogP contribution in [0.1, 0.15) is 96.3 Å². The number of unbranched alkanes of at least 4 members (excludes halogenated alkanes) is 2. The van der Waals surface area contributed by atoms with Crippen LogP contribution in [0, 0.1) is 0 Å². The van der Waals surface area contributed by atoms with Crippen molar-refractivity contribution < 1.29 is 52.6 Å². The third-order valence-corrected chi connectivity index (χ3v) is 11.1. The summed E-state index contributed by atoms with van der Waals surface area (Å²) in [6.07, 6.45) is 2.00. The van der Waals surface area contributed by atoms with E-state index in [4.69, 9.17) is 35.3 Å². The predicted octanol–water partition coefficient (Wildman–Crippen LogP) is 7.37. The fourth-order valence-electron chi connectivity index (χ4n) is 7.87. The highest BCUT2D eigenvalue weighted by atomic mass is 16.6. The first-order valence-corrected chi connectivity index (χ1v) is 24.4. The average Bonchev–Trinajstić information content (AvgIpc) is 3.96. The van der Waals surface area contributed by atoms with Crippen LogP contribution < -0.4 is 41.4 Å². The molecule has 2 aliphatic rings. The highest BCUT2D eigenvalue weighted by Gasteiger charge is 2.37. The standard InChI is InChI=1S/C32H38N6O6.C21H18N4O3.C2H4.CO2/c1-5-43-23-14-12-20(13-15-23)28-36-26(27(33)40)24-19-25(39)38(29(24)37-28)22-11-9-10-21(18-22)30(41)34-16-7-6-8-17-35-31(42)44-32(2,3)4;1-2-28-15-10-8-13(9-11-15)20-23-18(19(22)27)16-12-17(26)25(21(16)24-20)14-6-4-3-5-7-14;1-2;2-1-3/h9-15,18H,5-8,16-17,19H2,1-4H3,(H2,33,40)(H,34,41)(H,35,42);3-11H,2,12H2,1H3,(H2,22,27);1-2H2;. The molecule has 0 unspecified atom stereocenters. The number of rotatable bonds is 17. The van der Waals surface area contributed by atoms with Crippen molar-refractivity contribution in [2.45, 2.75) is 72.3 Å². The minimum atomic E-state index is -0.765. The van der Waals surface area contributed by atoms with Crippen molar-refractivity contribution in [2.75, 3.05) is 36.1 Å². The van der Waals surface area contributed by atoms with E-state index in [1.54, 1.807) is 72.8 Å². The van der Waals surface area contributed by atoms with Gasteiger partial charge in [0.25, 0.3) is 17.7 Å². The van der Waals surface area contributed by atoms with Gasteiger partial charge < -0.3 is 36.3 Å². The number of nitrogens with one attached hydrogen (secondary N) is 2. The Kier molecular flexibility index (Phi) is 20.9. The molecule has 400 valence electrons. The number of hydrogen-bond acceptors (Lipinski definition) is 15. The van der Waals surface area contributed by atoms with Gasteiger partial charge in [-0.3, -0.25) is 33.8 Å². The molecule has 21 nitrogen and oxygen atoms in total. The maximum atomic E-state index is 13.2. The summed E-state index contributed by atoms with van der Waals surface area (Å²) >= 11 is 0. The first kappa shape index (κ1) is 58.3. The molecule has 4 aromatic carbocycles. The van der Waals surface area contributed by atoms with Gasteiger partial charge in [0.05, 0.1) is 37.4 Å². The van der Waals surface area contributed by atoms with Crippen LogP contribution in [0.3, 0.4) is 0 Å². The molecule has 2 aliphatic heterocycles. The monoisotopic (exact) mass is 1050 g/mol. The quantitative estimate of drug-likeness (QED) is 0.0512. The first-order chi connectivity index (χ1) is 37.0. The fraction of sp³-hybridized carbons (Fsp3) is 0.268. The lowest BCUT2D eigenvalue weighted by atomic mass is 10.1. The summed E-state index contributed by atoms with van der Waals surface area (Å²) in [4.78, 5) is 112. The molecule has 6 N–H and O–H groups in total. The molecule has 21 heteroatoms. The number of amides is 6. The van der Waals surface area contributed by atoms with Crippen LogP contribution in [-0.4, -0.2) is 93.6 Å². The van der Waals surface area contributed by atoms with Crippen molar-refractivity contribution in [2.24, 2.45) is 11.5 Å². The molecule has 6 amide bonds. The first-order valence-electron chi connectivity index (χ1n) is 24.4. The number of benzene rings is 4. The molecular weight excluding hydrogens is 989 g/mol. The zero-order chi connectivity index (χ0) is 56.2. The van der Waals surface area contributed by atoms with Crippen molar-refractivity contribution in [3.63, 3.8) is 0 Å². The summed E-state index contributed by atoms with van der Waals surface area (Å²) in [5.41, 5.74) is 14.3. The Balaban J connectivity index is 0.000000283. The molecule has 0 saturated heterocycles. The van der Waals surface area contributed by atoms with Gasteiger partial charge in [-0.1, -0.05) is 24.3 Å². The summed E-state index contributed by atoms with van der Waals surface area (Å²) in [6, 6.07) is 30.1. The van der Waals surface area contributed by atoms with Gasteiger partial charge in [0.15, 0.2) is 11.6 Å². The summed E-state index contributed by atoms with van der Waals surface area (Å²) in [7, 11) is 0. The summed E-state index contributed by atoms with van der Waals surface area (Å²) in [6.45, 7) is 17.2. The third-order valence-electron chi connectivity index (χ3n) is 11.1. The van der Waals surface area contributed by atoms with Crippen molar-refractivity contribution in [1.29, 1.82) is 0 Å². The average molecular weight is 1050 g/mol. The van der Waals surface area contributed by atoms with Gasteiger partial charge in [0.1, 0.15) is 40.1 Å². The van der Waals surface area contributed by atoms with Crippen LogP contribution in [-0.2, 0) is 36.8 Å². The minimum Gasteiger partial charge on any atom is -0.494 e. The molecule has 4 heterocycles. The van der Waals surface area contributed by atoms with Crippen LogP contribution in [0.15, 0.2) is 116 Å². The molecule has 6 aromatic rings. The number of hydrogen-bond donors (Lipinski definition) is 4. The number of nitrogens with zero attached hydrogens (tertiary/aromatic N) is 6. The van der Waals surface area contributed by atoms with Gasteiger partial charge in [-0.05, 0) is 133 Å². The third kappa shape index (κ3) is 15.5. The van der Waals surface area contributed by atoms with Crippen LogP contribution in [0.4, 0.5) is 27.8 Å².